The molecule has 0 aromatic heterocycles. The topological polar surface area (TPSA) is 26.0 Å². The SMILES string of the molecule is Cc1ccccc1CC(N)Cc1cc(F)ccc1F. The van der Waals surface area contributed by atoms with Crippen molar-refractivity contribution in [3.05, 3.63) is 70.8 Å². The minimum Gasteiger partial charge on any atom is -0.327 e. The highest BCUT2D eigenvalue weighted by molar-refractivity contribution is 5.27. The highest BCUT2D eigenvalue weighted by atomic mass is 19.1. The first kappa shape index (κ1) is 13.7. The Morgan fingerprint density at radius 3 is 2.42 bits per heavy atom. The first-order valence-corrected chi connectivity index (χ1v) is 6.30. The van der Waals surface area contributed by atoms with Crippen molar-refractivity contribution in [2.24, 2.45) is 5.73 Å². The van der Waals surface area contributed by atoms with Gasteiger partial charge in [0, 0.05) is 6.04 Å². The summed E-state index contributed by atoms with van der Waals surface area (Å²) in [6.07, 6.45) is 0.987. The number of hydrogen-bond donors (Lipinski definition) is 1. The summed E-state index contributed by atoms with van der Waals surface area (Å²) in [7, 11) is 0. The Balaban J connectivity index is 2.07. The van der Waals surface area contributed by atoms with Crippen LogP contribution in [0.5, 0.6) is 0 Å². The predicted octanol–water partition coefficient (Wildman–Crippen LogP) is 3.39. The molecule has 100 valence electrons. The van der Waals surface area contributed by atoms with E-state index in [1.807, 2.05) is 31.2 Å². The molecule has 1 unspecified atom stereocenters. The number of halogens is 2. The van der Waals surface area contributed by atoms with Gasteiger partial charge in [0.25, 0.3) is 0 Å². The van der Waals surface area contributed by atoms with Crippen molar-refractivity contribution >= 4 is 0 Å². The molecule has 0 spiro atoms. The molecular formula is C16H17F2N. The van der Waals surface area contributed by atoms with E-state index in [1.165, 1.54) is 6.07 Å². The lowest BCUT2D eigenvalue weighted by atomic mass is 9.97. The molecule has 0 amide bonds. The van der Waals surface area contributed by atoms with Crippen molar-refractivity contribution in [3.8, 4) is 0 Å². The fraction of sp³-hybridized carbons (Fsp3) is 0.250. The summed E-state index contributed by atoms with van der Waals surface area (Å²) in [5.74, 6) is -0.832. The molecule has 0 saturated carbocycles. The van der Waals surface area contributed by atoms with Crippen LogP contribution >= 0.6 is 0 Å². The minimum atomic E-state index is -0.431. The van der Waals surface area contributed by atoms with Gasteiger partial charge in [0.15, 0.2) is 0 Å². The van der Waals surface area contributed by atoms with Crippen molar-refractivity contribution in [2.45, 2.75) is 25.8 Å². The first-order valence-electron chi connectivity index (χ1n) is 6.30. The first-order chi connectivity index (χ1) is 9.06. The van der Waals surface area contributed by atoms with Crippen LogP contribution < -0.4 is 5.73 Å². The van der Waals surface area contributed by atoms with E-state index in [-0.39, 0.29) is 6.04 Å². The molecular weight excluding hydrogens is 244 g/mol. The van der Waals surface area contributed by atoms with E-state index in [9.17, 15) is 8.78 Å². The molecule has 0 heterocycles. The number of aryl methyl sites for hydroxylation is 1. The maximum absolute atomic E-state index is 13.5. The van der Waals surface area contributed by atoms with Crippen molar-refractivity contribution in [1.82, 2.24) is 0 Å². The van der Waals surface area contributed by atoms with Crippen LogP contribution in [0.2, 0.25) is 0 Å². The molecule has 2 rings (SSSR count). The van der Waals surface area contributed by atoms with Crippen molar-refractivity contribution in [1.29, 1.82) is 0 Å². The van der Waals surface area contributed by atoms with E-state index < -0.39 is 11.6 Å². The van der Waals surface area contributed by atoms with Gasteiger partial charge in [0.1, 0.15) is 11.6 Å². The van der Waals surface area contributed by atoms with E-state index in [4.69, 9.17) is 5.73 Å². The Labute approximate surface area is 112 Å². The second kappa shape index (κ2) is 5.93. The van der Waals surface area contributed by atoms with Crippen LogP contribution in [0.15, 0.2) is 42.5 Å². The lowest BCUT2D eigenvalue weighted by molar-refractivity contribution is 0.566. The van der Waals surface area contributed by atoms with Crippen LogP contribution in [0.3, 0.4) is 0 Å². The van der Waals surface area contributed by atoms with Crippen LogP contribution in [0, 0.1) is 18.6 Å². The van der Waals surface area contributed by atoms with Gasteiger partial charge >= 0.3 is 0 Å². The molecule has 19 heavy (non-hydrogen) atoms. The van der Waals surface area contributed by atoms with Gasteiger partial charge in [-0.25, -0.2) is 8.78 Å². The standard InChI is InChI=1S/C16H17F2N/c1-11-4-2-3-5-12(11)9-15(19)10-13-8-14(17)6-7-16(13)18/h2-8,15H,9-10,19H2,1H3. The fourth-order valence-electron chi connectivity index (χ4n) is 2.18. The Bertz CT molecular complexity index is 566. The van der Waals surface area contributed by atoms with E-state index >= 15 is 0 Å². The summed E-state index contributed by atoms with van der Waals surface area (Å²) in [5, 5.41) is 0. The van der Waals surface area contributed by atoms with Gasteiger partial charge in [0.2, 0.25) is 0 Å². The number of hydrogen-bond acceptors (Lipinski definition) is 1. The van der Waals surface area contributed by atoms with Crippen molar-refractivity contribution in [3.63, 3.8) is 0 Å². The molecule has 0 radical (unpaired) electrons. The lowest BCUT2D eigenvalue weighted by Gasteiger charge is -2.14. The van der Waals surface area contributed by atoms with E-state index in [2.05, 4.69) is 0 Å². The Morgan fingerprint density at radius 2 is 1.68 bits per heavy atom. The predicted molar refractivity (Wildman–Crippen MR) is 72.9 cm³/mol. The Morgan fingerprint density at radius 1 is 1.00 bits per heavy atom. The normalized spacial score (nSPS) is 12.4. The summed E-state index contributed by atoms with van der Waals surface area (Å²) < 4.78 is 26.6. The second-order valence-electron chi connectivity index (χ2n) is 4.83. The molecule has 0 saturated heterocycles. The van der Waals surface area contributed by atoms with Gasteiger partial charge < -0.3 is 5.73 Å². The quantitative estimate of drug-likeness (QED) is 0.897. The van der Waals surface area contributed by atoms with E-state index in [0.29, 0.717) is 18.4 Å². The molecule has 2 aromatic rings. The zero-order valence-electron chi connectivity index (χ0n) is 10.9. The summed E-state index contributed by atoms with van der Waals surface area (Å²) in [5.41, 5.74) is 8.68. The molecule has 0 aliphatic heterocycles. The van der Waals surface area contributed by atoms with Gasteiger partial charge in [-0.05, 0) is 54.7 Å². The van der Waals surface area contributed by atoms with Gasteiger partial charge in [-0.15, -0.1) is 0 Å². The summed E-state index contributed by atoms with van der Waals surface area (Å²) >= 11 is 0. The van der Waals surface area contributed by atoms with Gasteiger partial charge in [-0.2, -0.15) is 0 Å². The summed E-state index contributed by atoms with van der Waals surface area (Å²) in [6.45, 7) is 2.02. The molecule has 0 aliphatic carbocycles. The maximum Gasteiger partial charge on any atom is 0.126 e. The van der Waals surface area contributed by atoms with Crippen LogP contribution in [0.4, 0.5) is 8.78 Å². The number of benzene rings is 2. The molecule has 1 atom stereocenters. The van der Waals surface area contributed by atoms with Crippen LogP contribution in [-0.2, 0) is 12.8 Å². The number of rotatable bonds is 4. The molecule has 3 heteroatoms. The van der Waals surface area contributed by atoms with Crippen LogP contribution in [-0.4, -0.2) is 6.04 Å². The third-order valence-corrected chi connectivity index (χ3v) is 3.23. The summed E-state index contributed by atoms with van der Waals surface area (Å²) in [4.78, 5) is 0. The third kappa shape index (κ3) is 3.61. The smallest absolute Gasteiger partial charge is 0.126 e. The number of nitrogens with two attached hydrogens (primary N) is 1. The van der Waals surface area contributed by atoms with Gasteiger partial charge in [-0.1, -0.05) is 24.3 Å². The third-order valence-electron chi connectivity index (χ3n) is 3.23. The molecule has 0 fully saturated rings. The van der Waals surface area contributed by atoms with Gasteiger partial charge in [-0.3, -0.25) is 0 Å². The zero-order valence-corrected chi connectivity index (χ0v) is 10.9. The highest BCUT2D eigenvalue weighted by Gasteiger charge is 2.11. The largest absolute Gasteiger partial charge is 0.327 e. The maximum atomic E-state index is 13.5. The zero-order chi connectivity index (χ0) is 13.8. The molecule has 2 N–H and O–H groups in total. The molecule has 1 nitrogen and oxygen atoms in total. The Kier molecular flexibility index (Phi) is 4.27. The van der Waals surface area contributed by atoms with Gasteiger partial charge in [0.05, 0.1) is 0 Å². The van der Waals surface area contributed by atoms with Crippen LogP contribution in [0.25, 0.3) is 0 Å². The molecule has 2 aromatic carbocycles. The molecule has 0 bridgehead atoms. The average molecular weight is 261 g/mol. The van der Waals surface area contributed by atoms with E-state index in [0.717, 1.165) is 23.3 Å². The summed E-state index contributed by atoms with van der Waals surface area (Å²) in [6, 6.07) is 11.2. The van der Waals surface area contributed by atoms with Crippen molar-refractivity contribution in [2.75, 3.05) is 0 Å². The average Bonchev–Trinajstić information content (AvgIpc) is 2.37. The second-order valence-corrected chi connectivity index (χ2v) is 4.83. The van der Waals surface area contributed by atoms with Crippen LogP contribution in [0.1, 0.15) is 16.7 Å². The van der Waals surface area contributed by atoms with Crippen molar-refractivity contribution < 1.29 is 8.78 Å². The Hall–Kier alpha value is -1.74. The molecule has 0 aliphatic rings. The highest BCUT2D eigenvalue weighted by Crippen LogP contribution is 2.15. The fourth-order valence-corrected chi connectivity index (χ4v) is 2.18. The minimum absolute atomic E-state index is 0.225. The lowest BCUT2D eigenvalue weighted by Crippen LogP contribution is -2.26. The monoisotopic (exact) mass is 261 g/mol. The van der Waals surface area contributed by atoms with E-state index in [1.54, 1.807) is 0 Å².